The Kier molecular flexibility index (Phi) is 1.63. The number of nitrogens with two attached hydrogens (primary N) is 1. The van der Waals surface area contributed by atoms with Crippen LogP contribution >= 0.6 is 0 Å². The van der Waals surface area contributed by atoms with Gasteiger partial charge in [-0.25, -0.2) is 0 Å². The minimum atomic E-state index is -1.24. The highest BCUT2D eigenvalue weighted by Gasteiger charge is 2.49. The Bertz CT molecular complexity index is 211. The third-order valence-electron chi connectivity index (χ3n) is 3.15. The molecule has 4 nitrogen and oxygen atoms in total. The molecule has 3 aliphatic rings. The van der Waals surface area contributed by atoms with E-state index in [1.54, 1.807) is 0 Å². The van der Waals surface area contributed by atoms with Crippen LogP contribution in [0.25, 0.3) is 0 Å². The van der Waals surface area contributed by atoms with Gasteiger partial charge in [0.1, 0.15) is 0 Å². The van der Waals surface area contributed by atoms with Crippen LogP contribution < -0.4 is 5.73 Å². The molecule has 3 rings (SSSR count). The Labute approximate surface area is 71.3 Å². The second-order valence-electron chi connectivity index (χ2n) is 3.84. The first-order valence-electron chi connectivity index (χ1n) is 4.37. The molecular weight excluding hydrogens is 156 g/mol. The molecule has 0 aromatic carbocycles. The van der Waals surface area contributed by atoms with E-state index >= 15 is 0 Å². The monoisotopic (exact) mass is 170 g/mol. The smallest absolute Gasteiger partial charge is 0.251 e. The van der Waals surface area contributed by atoms with Crippen molar-refractivity contribution in [3.05, 3.63) is 0 Å². The van der Waals surface area contributed by atoms with Crippen LogP contribution in [0.4, 0.5) is 0 Å². The van der Waals surface area contributed by atoms with Crippen LogP contribution in [0.1, 0.15) is 12.8 Å². The summed E-state index contributed by atoms with van der Waals surface area (Å²) in [5.74, 6) is -0.461. The third kappa shape index (κ3) is 0.949. The number of carbonyl (C=O) groups excluding carboxylic acids is 1. The maximum atomic E-state index is 11.0. The number of nitrogens with zero attached hydrogens (tertiary/aromatic N) is 1. The molecule has 3 fully saturated rings. The minimum Gasteiger partial charge on any atom is -0.378 e. The number of piperidine rings is 3. The van der Waals surface area contributed by atoms with E-state index < -0.39 is 11.5 Å². The lowest BCUT2D eigenvalue weighted by Crippen LogP contribution is -2.64. The second-order valence-corrected chi connectivity index (χ2v) is 3.84. The topological polar surface area (TPSA) is 66.6 Å². The molecule has 4 heteroatoms. The van der Waals surface area contributed by atoms with Crippen molar-refractivity contribution in [2.24, 2.45) is 11.7 Å². The van der Waals surface area contributed by atoms with Gasteiger partial charge in [0.05, 0.1) is 0 Å². The summed E-state index contributed by atoms with van der Waals surface area (Å²) in [6, 6.07) is 0. The molecular formula is C8H14N2O2. The van der Waals surface area contributed by atoms with Crippen LogP contribution in [0.2, 0.25) is 0 Å². The average Bonchev–Trinajstić information content (AvgIpc) is 2.05. The lowest BCUT2D eigenvalue weighted by atomic mass is 9.75. The number of rotatable bonds is 1. The molecule has 0 aromatic rings. The van der Waals surface area contributed by atoms with Gasteiger partial charge >= 0.3 is 0 Å². The maximum Gasteiger partial charge on any atom is 0.251 e. The zero-order chi connectivity index (χ0) is 8.77. The van der Waals surface area contributed by atoms with Crippen molar-refractivity contribution in [2.45, 2.75) is 18.4 Å². The van der Waals surface area contributed by atoms with Crippen LogP contribution in [-0.4, -0.2) is 41.1 Å². The summed E-state index contributed by atoms with van der Waals surface area (Å²) in [5, 5.41) is 9.92. The summed E-state index contributed by atoms with van der Waals surface area (Å²) in [5.41, 5.74) is 3.93. The number of hydrogen-bond donors (Lipinski definition) is 2. The molecule has 1 unspecified atom stereocenters. The van der Waals surface area contributed by atoms with Crippen molar-refractivity contribution >= 4 is 5.91 Å². The first-order chi connectivity index (χ1) is 5.63. The summed E-state index contributed by atoms with van der Waals surface area (Å²) in [4.78, 5) is 13.1. The van der Waals surface area contributed by atoms with Crippen LogP contribution in [0.15, 0.2) is 0 Å². The van der Waals surface area contributed by atoms with Gasteiger partial charge in [-0.15, -0.1) is 0 Å². The molecule has 3 aliphatic heterocycles. The Morgan fingerprint density at radius 2 is 2.08 bits per heavy atom. The molecule has 0 saturated carbocycles. The highest BCUT2D eigenvalue weighted by atomic mass is 16.3. The maximum absolute atomic E-state index is 11.0. The van der Waals surface area contributed by atoms with Crippen molar-refractivity contribution in [2.75, 3.05) is 19.6 Å². The first kappa shape index (κ1) is 8.01. The lowest BCUT2D eigenvalue weighted by Gasteiger charge is -2.48. The number of amides is 1. The molecule has 12 heavy (non-hydrogen) atoms. The largest absolute Gasteiger partial charge is 0.378 e. The van der Waals surface area contributed by atoms with Gasteiger partial charge in [-0.05, 0) is 25.9 Å². The van der Waals surface area contributed by atoms with Gasteiger partial charge in [-0.3, -0.25) is 9.69 Å². The zero-order valence-corrected chi connectivity index (χ0v) is 6.99. The predicted molar refractivity (Wildman–Crippen MR) is 43.3 cm³/mol. The number of fused-ring (bicyclic) bond motifs is 3. The van der Waals surface area contributed by atoms with Gasteiger partial charge in [-0.2, -0.15) is 0 Å². The first-order valence-corrected chi connectivity index (χ1v) is 4.37. The second kappa shape index (κ2) is 2.44. The fraction of sp³-hybridized carbons (Fsp3) is 0.875. The highest BCUT2D eigenvalue weighted by molar-refractivity contribution is 5.84. The highest BCUT2D eigenvalue weighted by Crippen LogP contribution is 2.35. The SMILES string of the molecule is NC(=O)C1(O)CN2CCC1CC2. The molecule has 1 atom stereocenters. The lowest BCUT2D eigenvalue weighted by molar-refractivity contribution is -0.158. The normalized spacial score (nSPS) is 46.1. The van der Waals surface area contributed by atoms with Crippen molar-refractivity contribution in [1.29, 1.82) is 0 Å². The van der Waals surface area contributed by atoms with Crippen LogP contribution in [-0.2, 0) is 4.79 Å². The number of carbonyl (C=O) groups is 1. The molecule has 3 heterocycles. The van der Waals surface area contributed by atoms with E-state index in [0.29, 0.717) is 6.54 Å². The molecule has 0 spiro atoms. The van der Waals surface area contributed by atoms with Crippen molar-refractivity contribution in [3.8, 4) is 0 Å². The molecule has 68 valence electrons. The van der Waals surface area contributed by atoms with E-state index in [2.05, 4.69) is 4.90 Å². The fourth-order valence-corrected chi connectivity index (χ4v) is 2.32. The van der Waals surface area contributed by atoms with E-state index in [4.69, 9.17) is 5.73 Å². The molecule has 0 aromatic heterocycles. The quantitative estimate of drug-likeness (QED) is 0.526. The summed E-state index contributed by atoms with van der Waals surface area (Å²) in [6.45, 7) is 2.44. The summed E-state index contributed by atoms with van der Waals surface area (Å²) >= 11 is 0. The number of hydrogen-bond acceptors (Lipinski definition) is 3. The Morgan fingerprint density at radius 1 is 1.50 bits per heavy atom. The summed E-state index contributed by atoms with van der Waals surface area (Å²) < 4.78 is 0. The van der Waals surface area contributed by atoms with Crippen molar-refractivity contribution < 1.29 is 9.90 Å². The van der Waals surface area contributed by atoms with Crippen molar-refractivity contribution in [1.82, 2.24) is 4.90 Å². The van der Waals surface area contributed by atoms with E-state index in [0.717, 1.165) is 25.9 Å². The Balaban J connectivity index is 2.22. The summed E-state index contributed by atoms with van der Waals surface area (Å²) in [6.07, 6.45) is 1.80. The van der Waals surface area contributed by atoms with Crippen LogP contribution in [0, 0.1) is 5.92 Å². The summed E-state index contributed by atoms with van der Waals surface area (Å²) in [7, 11) is 0. The minimum absolute atomic E-state index is 0.0972. The van der Waals surface area contributed by atoms with Crippen molar-refractivity contribution in [3.63, 3.8) is 0 Å². The average molecular weight is 170 g/mol. The Hall–Kier alpha value is -0.610. The van der Waals surface area contributed by atoms with E-state index in [-0.39, 0.29) is 5.92 Å². The fourth-order valence-electron chi connectivity index (χ4n) is 2.32. The Morgan fingerprint density at radius 3 is 2.33 bits per heavy atom. The van der Waals surface area contributed by atoms with E-state index in [1.807, 2.05) is 0 Å². The third-order valence-corrected chi connectivity index (χ3v) is 3.15. The van der Waals surface area contributed by atoms with Gasteiger partial charge < -0.3 is 10.8 Å². The molecule has 0 aliphatic carbocycles. The van der Waals surface area contributed by atoms with Gasteiger partial charge in [0, 0.05) is 12.5 Å². The van der Waals surface area contributed by atoms with E-state index in [1.165, 1.54) is 0 Å². The van der Waals surface area contributed by atoms with Crippen LogP contribution in [0.5, 0.6) is 0 Å². The number of primary amides is 1. The molecule has 2 bridgehead atoms. The standard InChI is InChI=1S/C8H14N2O2/c9-7(11)8(12)5-10-3-1-6(8)2-4-10/h6,12H,1-5H2,(H2,9,11). The van der Waals surface area contributed by atoms with Crippen LogP contribution in [0.3, 0.4) is 0 Å². The van der Waals surface area contributed by atoms with E-state index in [9.17, 15) is 9.90 Å². The number of aliphatic hydroxyl groups is 1. The van der Waals surface area contributed by atoms with Gasteiger partial charge in [0.2, 0.25) is 0 Å². The van der Waals surface area contributed by atoms with Gasteiger partial charge in [0.25, 0.3) is 5.91 Å². The molecule has 3 saturated heterocycles. The zero-order valence-electron chi connectivity index (χ0n) is 6.99. The van der Waals surface area contributed by atoms with Gasteiger partial charge in [-0.1, -0.05) is 0 Å². The predicted octanol–water partition coefficient (Wildman–Crippen LogP) is -1.07. The molecule has 3 N–H and O–H groups in total. The molecule has 1 amide bonds. The molecule has 0 radical (unpaired) electrons. The van der Waals surface area contributed by atoms with Gasteiger partial charge in [0.15, 0.2) is 5.60 Å².